The summed E-state index contributed by atoms with van der Waals surface area (Å²) in [7, 11) is 0. The molecule has 0 saturated heterocycles. The van der Waals surface area contributed by atoms with Crippen LogP contribution in [0.1, 0.15) is 43.6 Å². The lowest BCUT2D eigenvalue weighted by Crippen LogP contribution is -2.22. The second-order valence-electron chi connectivity index (χ2n) is 7.22. The summed E-state index contributed by atoms with van der Waals surface area (Å²) < 4.78 is 9.67. The van der Waals surface area contributed by atoms with Gasteiger partial charge in [-0.2, -0.15) is 0 Å². The van der Waals surface area contributed by atoms with E-state index in [1.807, 2.05) is 39.0 Å². The first-order valence-electron chi connectivity index (χ1n) is 10.1. The third-order valence-corrected chi connectivity index (χ3v) is 4.50. The highest BCUT2D eigenvalue weighted by atomic mass is 16.7. The highest BCUT2D eigenvalue weighted by Crippen LogP contribution is 2.15. The molecule has 0 radical (unpaired) electrons. The van der Waals surface area contributed by atoms with Crippen LogP contribution in [0, 0.1) is 5.92 Å². The van der Waals surface area contributed by atoms with E-state index in [0.717, 1.165) is 11.1 Å². The minimum Gasteiger partial charge on any atom is -0.434 e. The van der Waals surface area contributed by atoms with Crippen LogP contribution in [-0.2, 0) is 16.1 Å². The van der Waals surface area contributed by atoms with Crippen LogP contribution in [0.4, 0.5) is 10.5 Å². The van der Waals surface area contributed by atoms with Crippen molar-refractivity contribution in [3.05, 3.63) is 71.3 Å². The molecule has 2 rings (SSSR count). The van der Waals surface area contributed by atoms with Gasteiger partial charge in [-0.3, -0.25) is 9.59 Å². The maximum absolute atomic E-state index is 12.4. The lowest BCUT2D eigenvalue weighted by molar-refractivity contribution is -0.112. The van der Waals surface area contributed by atoms with Gasteiger partial charge in [-0.15, -0.1) is 0 Å². The average molecular weight is 424 g/mol. The van der Waals surface area contributed by atoms with E-state index in [4.69, 9.17) is 9.47 Å². The van der Waals surface area contributed by atoms with Gasteiger partial charge in [0.25, 0.3) is 5.91 Å². The molecule has 0 aliphatic carbocycles. The molecule has 164 valence electrons. The molecule has 31 heavy (non-hydrogen) atoms. The molecule has 7 nitrogen and oxygen atoms in total. The largest absolute Gasteiger partial charge is 0.513 e. The Labute approximate surface area is 182 Å². The predicted molar refractivity (Wildman–Crippen MR) is 119 cm³/mol. The Morgan fingerprint density at radius 2 is 1.77 bits per heavy atom. The summed E-state index contributed by atoms with van der Waals surface area (Å²) in [5.41, 5.74) is 2.93. The highest BCUT2D eigenvalue weighted by Gasteiger charge is 2.09. The molecule has 2 amide bonds. The van der Waals surface area contributed by atoms with Gasteiger partial charge in [-0.1, -0.05) is 31.6 Å². The molecule has 0 atom stereocenters. The number of ether oxygens (including phenoxy) is 2. The van der Waals surface area contributed by atoms with Crippen LogP contribution in [-0.4, -0.2) is 24.6 Å². The third kappa shape index (κ3) is 7.97. The topological polar surface area (TPSA) is 93.7 Å². The maximum atomic E-state index is 12.4. The van der Waals surface area contributed by atoms with Crippen molar-refractivity contribution < 1.29 is 23.9 Å². The summed E-state index contributed by atoms with van der Waals surface area (Å²) in [6, 6.07) is 13.5. The minimum absolute atomic E-state index is 0.183. The van der Waals surface area contributed by atoms with Gasteiger partial charge in [-0.25, -0.2) is 4.79 Å². The lowest BCUT2D eigenvalue weighted by Gasteiger charge is -2.09. The summed E-state index contributed by atoms with van der Waals surface area (Å²) in [5, 5.41) is 5.67. The molecule has 0 saturated carbocycles. The summed E-state index contributed by atoms with van der Waals surface area (Å²) in [5.74, 6) is 0.142. The number of hydrogen-bond donors (Lipinski definition) is 2. The van der Waals surface area contributed by atoms with Crippen molar-refractivity contribution in [1.82, 2.24) is 5.32 Å². The molecule has 0 heterocycles. The fourth-order valence-corrected chi connectivity index (χ4v) is 2.51. The molecular weight excluding hydrogens is 396 g/mol. The van der Waals surface area contributed by atoms with Crippen molar-refractivity contribution in [3.8, 4) is 5.75 Å². The number of carbonyl (C=O) groups is 3. The van der Waals surface area contributed by atoms with Crippen LogP contribution in [0.15, 0.2) is 60.2 Å². The van der Waals surface area contributed by atoms with Gasteiger partial charge >= 0.3 is 6.16 Å². The van der Waals surface area contributed by atoms with Crippen LogP contribution >= 0.6 is 0 Å². The van der Waals surface area contributed by atoms with E-state index in [2.05, 4.69) is 10.6 Å². The number of anilines is 1. The number of amides is 2. The van der Waals surface area contributed by atoms with Gasteiger partial charge in [0.2, 0.25) is 5.91 Å². The van der Waals surface area contributed by atoms with E-state index >= 15 is 0 Å². The van der Waals surface area contributed by atoms with Crippen LogP contribution in [0.2, 0.25) is 0 Å². The molecule has 7 heteroatoms. The quantitative estimate of drug-likeness (QED) is 0.364. The molecule has 0 unspecified atom stereocenters. The molecule has 0 aliphatic rings. The molecule has 2 aromatic rings. The van der Waals surface area contributed by atoms with E-state index in [9.17, 15) is 14.4 Å². The van der Waals surface area contributed by atoms with Gasteiger partial charge in [0.1, 0.15) is 5.75 Å². The lowest BCUT2D eigenvalue weighted by atomic mass is 10.1. The van der Waals surface area contributed by atoms with Crippen molar-refractivity contribution >= 4 is 23.7 Å². The van der Waals surface area contributed by atoms with Gasteiger partial charge < -0.3 is 20.1 Å². The van der Waals surface area contributed by atoms with Crippen LogP contribution in [0.25, 0.3) is 0 Å². The highest BCUT2D eigenvalue weighted by molar-refractivity contribution is 5.99. The van der Waals surface area contributed by atoms with Crippen molar-refractivity contribution in [2.24, 2.45) is 5.92 Å². The van der Waals surface area contributed by atoms with Gasteiger partial charge in [-0.05, 0) is 61.7 Å². The normalized spacial score (nSPS) is 11.1. The average Bonchev–Trinajstić information content (AvgIpc) is 2.72. The molecule has 0 bridgehead atoms. The summed E-state index contributed by atoms with van der Waals surface area (Å²) in [4.78, 5) is 35.8. The molecule has 0 aromatic heterocycles. The van der Waals surface area contributed by atoms with E-state index in [1.54, 1.807) is 31.2 Å². The maximum Gasteiger partial charge on any atom is 0.513 e. The number of nitrogens with one attached hydrogen (secondary N) is 2. The van der Waals surface area contributed by atoms with E-state index in [0.29, 0.717) is 29.5 Å². The van der Waals surface area contributed by atoms with E-state index in [-0.39, 0.29) is 18.4 Å². The zero-order valence-electron chi connectivity index (χ0n) is 18.2. The summed E-state index contributed by atoms with van der Waals surface area (Å²) >= 11 is 0. The predicted octanol–water partition coefficient (Wildman–Crippen LogP) is 4.69. The molecule has 0 fully saturated rings. The van der Waals surface area contributed by atoms with Crippen molar-refractivity contribution in [3.63, 3.8) is 0 Å². The first-order valence-corrected chi connectivity index (χ1v) is 10.1. The first kappa shape index (κ1) is 23.7. The van der Waals surface area contributed by atoms with Gasteiger partial charge in [0, 0.05) is 23.9 Å². The number of rotatable bonds is 8. The zero-order valence-corrected chi connectivity index (χ0v) is 18.2. The minimum atomic E-state index is -0.790. The molecule has 0 spiro atoms. The number of carbonyl (C=O) groups excluding carboxylic acids is 3. The zero-order chi connectivity index (χ0) is 22.8. The van der Waals surface area contributed by atoms with Crippen molar-refractivity contribution in [2.75, 3.05) is 11.9 Å². The fraction of sp³-hybridized carbons (Fsp3) is 0.292. The van der Waals surface area contributed by atoms with Gasteiger partial charge in [0.15, 0.2) is 0 Å². The van der Waals surface area contributed by atoms with Crippen LogP contribution in [0.5, 0.6) is 5.75 Å². The van der Waals surface area contributed by atoms with E-state index < -0.39 is 6.16 Å². The number of benzene rings is 2. The van der Waals surface area contributed by atoms with Crippen LogP contribution < -0.4 is 15.4 Å². The Hall–Kier alpha value is -3.61. The Balaban J connectivity index is 1.92. The molecule has 0 aliphatic heterocycles. The monoisotopic (exact) mass is 424 g/mol. The molecule has 2 aromatic carbocycles. The number of hydrogen-bond acceptors (Lipinski definition) is 5. The number of allylic oxidation sites excluding steroid dienone is 1. The third-order valence-electron chi connectivity index (χ3n) is 4.50. The SMILES string of the molecule is CCOC(=O)Oc1ccc(C(=O)NCc2cccc(NC(=O)/C=C(\C)C(C)C)c2)cc1. The van der Waals surface area contributed by atoms with Crippen molar-refractivity contribution in [1.29, 1.82) is 0 Å². The Morgan fingerprint density at radius 1 is 1.06 bits per heavy atom. The Bertz CT molecular complexity index is 949. The second-order valence-corrected chi connectivity index (χ2v) is 7.22. The smallest absolute Gasteiger partial charge is 0.434 e. The summed E-state index contributed by atoms with van der Waals surface area (Å²) in [6.07, 6.45) is 0.801. The Kier molecular flexibility index (Phi) is 8.81. The second kappa shape index (κ2) is 11.5. The van der Waals surface area contributed by atoms with Gasteiger partial charge in [0.05, 0.1) is 6.61 Å². The standard InChI is InChI=1S/C24H28N2O5/c1-5-30-24(29)31-21-11-9-19(10-12-21)23(28)25-15-18-7-6-8-20(14-18)26-22(27)13-17(4)16(2)3/h6-14,16H,5,15H2,1-4H3,(H,25,28)(H,26,27)/b17-13+. The van der Waals surface area contributed by atoms with E-state index in [1.165, 1.54) is 12.1 Å². The molecule has 2 N–H and O–H groups in total. The molecular formula is C24H28N2O5. The summed E-state index contributed by atoms with van der Waals surface area (Å²) in [6.45, 7) is 8.19. The van der Waals surface area contributed by atoms with Crippen molar-refractivity contribution in [2.45, 2.75) is 34.2 Å². The Morgan fingerprint density at radius 3 is 2.42 bits per heavy atom. The van der Waals surface area contributed by atoms with Crippen LogP contribution in [0.3, 0.4) is 0 Å². The first-order chi connectivity index (χ1) is 14.8. The fourth-order valence-electron chi connectivity index (χ4n) is 2.51.